The molecule has 3 heterocycles. The molecule has 2 saturated heterocycles. The molecule has 0 atom stereocenters. The fraction of sp³-hybridized carbons (Fsp3) is 0.450. The van der Waals surface area contributed by atoms with Crippen LogP contribution < -0.4 is 25.2 Å². The number of aromatic nitrogens is 2. The Morgan fingerprint density at radius 2 is 1.90 bits per heavy atom. The lowest BCUT2D eigenvalue weighted by Crippen LogP contribution is -2.43. The quantitative estimate of drug-likeness (QED) is 0.631. The van der Waals surface area contributed by atoms with Crippen LogP contribution in [0.5, 0.6) is 6.01 Å². The summed E-state index contributed by atoms with van der Waals surface area (Å²) in [5.41, 5.74) is 2.77. The van der Waals surface area contributed by atoms with Crippen LogP contribution in [0.15, 0.2) is 24.3 Å². The van der Waals surface area contributed by atoms with E-state index in [2.05, 4.69) is 42.5 Å². The van der Waals surface area contributed by atoms with Gasteiger partial charge in [0, 0.05) is 62.8 Å². The van der Waals surface area contributed by atoms with Crippen LogP contribution in [-0.2, 0) is 4.74 Å². The van der Waals surface area contributed by atoms with Crippen molar-refractivity contribution < 1.29 is 9.47 Å². The maximum atomic E-state index is 7.78. The number of nitrogens with zero attached hydrogens (tertiary/aromatic N) is 4. The highest BCUT2D eigenvalue weighted by atomic mass is 16.5. The van der Waals surface area contributed by atoms with Crippen molar-refractivity contribution in [3.8, 4) is 6.01 Å². The molecule has 1 aromatic heterocycles. The molecule has 4 rings (SSSR count). The van der Waals surface area contributed by atoms with E-state index in [9.17, 15) is 0 Å². The lowest BCUT2D eigenvalue weighted by atomic mass is 10.1. The molecular formula is C20H27N7O2. The largest absolute Gasteiger partial charge is 0.467 e. The first-order valence-electron chi connectivity index (χ1n) is 9.90. The lowest BCUT2D eigenvalue weighted by Gasteiger charge is -2.30. The van der Waals surface area contributed by atoms with Gasteiger partial charge in [-0.2, -0.15) is 9.97 Å². The van der Waals surface area contributed by atoms with Gasteiger partial charge in [-0.1, -0.05) is 0 Å². The van der Waals surface area contributed by atoms with E-state index in [4.69, 9.17) is 14.9 Å². The molecule has 9 nitrogen and oxygen atoms in total. The van der Waals surface area contributed by atoms with Crippen molar-refractivity contribution in [3.05, 3.63) is 29.8 Å². The van der Waals surface area contributed by atoms with Crippen LogP contribution in [0.1, 0.15) is 5.56 Å². The Balaban J connectivity index is 1.62. The molecule has 0 radical (unpaired) electrons. The summed E-state index contributed by atoms with van der Waals surface area (Å²) in [6.45, 7) is 6.80. The van der Waals surface area contributed by atoms with Crippen LogP contribution >= 0.6 is 0 Å². The first kappa shape index (κ1) is 19.4. The van der Waals surface area contributed by atoms with E-state index >= 15 is 0 Å². The number of nitrogens with one attached hydrogen (secondary N) is 3. The minimum Gasteiger partial charge on any atom is -0.467 e. The molecule has 0 amide bonds. The molecule has 0 bridgehead atoms. The van der Waals surface area contributed by atoms with E-state index in [-0.39, 0.29) is 0 Å². The van der Waals surface area contributed by atoms with Gasteiger partial charge in [0.1, 0.15) is 11.6 Å². The number of ether oxygens (including phenoxy) is 2. The fourth-order valence-electron chi connectivity index (χ4n) is 3.56. The molecule has 0 aliphatic carbocycles. The Labute approximate surface area is 170 Å². The Bertz CT molecular complexity index is 849. The molecule has 9 heteroatoms. The second-order valence-corrected chi connectivity index (χ2v) is 6.98. The zero-order valence-electron chi connectivity index (χ0n) is 16.6. The summed E-state index contributed by atoms with van der Waals surface area (Å²) < 4.78 is 10.8. The molecule has 0 spiro atoms. The summed E-state index contributed by atoms with van der Waals surface area (Å²) in [6, 6.07) is 8.34. The van der Waals surface area contributed by atoms with E-state index in [1.54, 1.807) is 7.11 Å². The van der Waals surface area contributed by atoms with Crippen LogP contribution in [0.4, 0.5) is 23.0 Å². The Kier molecular flexibility index (Phi) is 6.06. The predicted molar refractivity (Wildman–Crippen MR) is 114 cm³/mol. The SMILES string of the molecule is COc1nc(Nc2cc(N3CCNCC3)ccc2C=N)cc(N2CCOCC2)n1. The van der Waals surface area contributed by atoms with Crippen molar-refractivity contribution >= 4 is 29.2 Å². The molecule has 29 heavy (non-hydrogen) atoms. The average Bonchev–Trinajstić information content (AvgIpc) is 2.80. The highest BCUT2D eigenvalue weighted by molar-refractivity contribution is 5.88. The summed E-state index contributed by atoms with van der Waals surface area (Å²) in [7, 11) is 1.57. The number of benzene rings is 1. The summed E-state index contributed by atoms with van der Waals surface area (Å²) >= 11 is 0. The van der Waals surface area contributed by atoms with Gasteiger partial charge in [0.2, 0.25) is 0 Å². The number of morpholine rings is 1. The minimum atomic E-state index is 0.311. The van der Waals surface area contributed by atoms with Gasteiger partial charge in [0.05, 0.1) is 26.0 Å². The summed E-state index contributed by atoms with van der Waals surface area (Å²) in [4.78, 5) is 13.4. The molecule has 0 saturated carbocycles. The maximum absolute atomic E-state index is 7.78. The number of piperazine rings is 1. The summed E-state index contributed by atoms with van der Waals surface area (Å²) in [5, 5.41) is 14.5. The minimum absolute atomic E-state index is 0.311. The van der Waals surface area contributed by atoms with E-state index in [0.29, 0.717) is 25.0 Å². The van der Waals surface area contributed by atoms with Gasteiger partial charge in [-0.15, -0.1) is 0 Å². The molecule has 2 aliphatic rings. The topological polar surface area (TPSA) is 98.6 Å². The van der Waals surface area contributed by atoms with Crippen LogP contribution in [-0.4, -0.2) is 75.8 Å². The van der Waals surface area contributed by atoms with Crippen LogP contribution in [0, 0.1) is 5.41 Å². The first-order valence-corrected chi connectivity index (χ1v) is 9.90. The number of methoxy groups -OCH3 is 1. The van der Waals surface area contributed by atoms with E-state index < -0.39 is 0 Å². The monoisotopic (exact) mass is 397 g/mol. The van der Waals surface area contributed by atoms with Gasteiger partial charge in [0.15, 0.2) is 0 Å². The first-order chi connectivity index (χ1) is 14.3. The normalized spacial score (nSPS) is 17.1. The molecule has 2 aromatic rings. The molecule has 2 aliphatic heterocycles. The van der Waals surface area contributed by atoms with Crippen molar-refractivity contribution in [1.29, 1.82) is 5.41 Å². The second-order valence-electron chi connectivity index (χ2n) is 6.98. The van der Waals surface area contributed by atoms with Crippen LogP contribution in [0.2, 0.25) is 0 Å². The van der Waals surface area contributed by atoms with Crippen molar-refractivity contribution in [2.24, 2.45) is 0 Å². The second kappa shape index (κ2) is 9.06. The number of anilines is 4. The Hall–Kier alpha value is -2.91. The van der Waals surface area contributed by atoms with Crippen LogP contribution in [0.25, 0.3) is 0 Å². The van der Waals surface area contributed by atoms with Crippen molar-refractivity contribution in [1.82, 2.24) is 15.3 Å². The van der Waals surface area contributed by atoms with Crippen molar-refractivity contribution in [2.45, 2.75) is 0 Å². The van der Waals surface area contributed by atoms with E-state index in [0.717, 1.165) is 62.0 Å². The predicted octanol–water partition coefficient (Wildman–Crippen LogP) is 1.47. The van der Waals surface area contributed by atoms with Crippen LogP contribution in [0.3, 0.4) is 0 Å². The summed E-state index contributed by atoms with van der Waals surface area (Å²) in [6.07, 6.45) is 1.35. The highest BCUT2D eigenvalue weighted by Gasteiger charge is 2.17. The zero-order valence-corrected chi connectivity index (χ0v) is 16.6. The molecule has 2 fully saturated rings. The summed E-state index contributed by atoms with van der Waals surface area (Å²) in [5.74, 6) is 1.44. The standard InChI is InChI=1S/C20H27N7O2/c1-28-20-24-18(13-19(25-20)27-8-10-29-11-9-27)23-17-12-16(3-2-15(17)14-21)26-6-4-22-5-7-26/h2-3,12-14,21-22H,4-11H2,1H3,(H,23,24,25). The number of hydrogen-bond acceptors (Lipinski definition) is 9. The van der Waals surface area contributed by atoms with Gasteiger partial charge in [-0.3, -0.25) is 0 Å². The number of rotatable bonds is 6. The molecule has 0 unspecified atom stereocenters. The molecule has 1 aromatic carbocycles. The van der Waals surface area contributed by atoms with E-state index in [1.165, 1.54) is 6.21 Å². The third-order valence-corrected chi connectivity index (χ3v) is 5.15. The van der Waals surface area contributed by atoms with Gasteiger partial charge < -0.3 is 35.3 Å². The lowest BCUT2D eigenvalue weighted by molar-refractivity contribution is 0.122. The number of hydrogen-bond donors (Lipinski definition) is 3. The van der Waals surface area contributed by atoms with Gasteiger partial charge in [-0.25, -0.2) is 0 Å². The molecule has 154 valence electrons. The smallest absolute Gasteiger partial charge is 0.320 e. The Morgan fingerprint density at radius 3 is 2.62 bits per heavy atom. The van der Waals surface area contributed by atoms with Crippen molar-refractivity contribution in [2.75, 3.05) is 74.7 Å². The van der Waals surface area contributed by atoms with Gasteiger partial charge in [-0.05, 0) is 18.2 Å². The third-order valence-electron chi connectivity index (χ3n) is 5.15. The van der Waals surface area contributed by atoms with Crippen molar-refractivity contribution in [3.63, 3.8) is 0 Å². The van der Waals surface area contributed by atoms with Gasteiger partial charge in [0.25, 0.3) is 0 Å². The third kappa shape index (κ3) is 4.57. The zero-order chi connectivity index (χ0) is 20.1. The molecular weight excluding hydrogens is 370 g/mol. The maximum Gasteiger partial charge on any atom is 0.320 e. The highest BCUT2D eigenvalue weighted by Crippen LogP contribution is 2.28. The average molecular weight is 397 g/mol. The fourth-order valence-corrected chi connectivity index (χ4v) is 3.56. The van der Waals surface area contributed by atoms with Gasteiger partial charge >= 0.3 is 6.01 Å². The molecule has 3 N–H and O–H groups in total. The Morgan fingerprint density at radius 1 is 1.10 bits per heavy atom. The van der Waals surface area contributed by atoms with E-state index in [1.807, 2.05) is 12.1 Å².